The molecule has 148 valence electrons. The lowest BCUT2D eigenvalue weighted by molar-refractivity contribution is -0.115. The average Bonchev–Trinajstić information content (AvgIpc) is 3.07. The van der Waals surface area contributed by atoms with Gasteiger partial charge in [-0.3, -0.25) is 0 Å². The van der Waals surface area contributed by atoms with Crippen LogP contribution >= 0.6 is 0 Å². The number of aryl methyl sites for hydroxylation is 1. The largest absolute Gasteiger partial charge is 0.405 e. The van der Waals surface area contributed by atoms with Gasteiger partial charge in [-0.25, -0.2) is 9.98 Å². The average molecular weight is 391 g/mol. The molecule has 0 bridgehead atoms. The second kappa shape index (κ2) is 6.88. The number of aliphatic imine (C=N–C) groups is 1. The number of rotatable bonds is 4. The zero-order valence-electron chi connectivity index (χ0n) is 16.0. The van der Waals surface area contributed by atoms with Crippen LogP contribution in [0, 0.1) is 6.92 Å². The number of anilines is 1. The van der Waals surface area contributed by atoms with Gasteiger partial charge in [-0.2, -0.15) is 13.2 Å². The summed E-state index contributed by atoms with van der Waals surface area (Å²) in [7, 11) is 0. The van der Waals surface area contributed by atoms with Crippen LogP contribution in [0.5, 0.6) is 0 Å². The molecule has 9 heteroatoms. The van der Waals surface area contributed by atoms with Crippen molar-refractivity contribution in [3.05, 3.63) is 29.3 Å². The van der Waals surface area contributed by atoms with Crippen molar-refractivity contribution in [1.82, 2.24) is 15.2 Å². The number of fused-ring (bicyclic) bond motifs is 1. The summed E-state index contributed by atoms with van der Waals surface area (Å²) >= 11 is 0. The fourth-order valence-electron chi connectivity index (χ4n) is 2.86. The first kappa shape index (κ1) is 19.8. The molecule has 3 rings (SSSR count). The van der Waals surface area contributed by atoms with Crippen LogP contribution in [0.1, 0.15) is 31.9 Å². The summed E-state index contributed by atoms with van der Waals surface area (Å²) in [4.78, 5) is 8.25. The number of aromatic nitrogens is 3. The number of pyridine rings is 1. The Kier molecular flexibility index (Phi) is 4.86. The lowest BCUT2D eigenvalue weighted by Gasteiger charge is -2.23. The number of halogens is 3. The van der Waals surface area contributed by atoms with Crippen molar-refractivity contribution in [1.29, 1.82) is 0 Å². The topological polar surface area (TPSA) is 76.2 Å². The maximum atomic E-state index is 12.6. The van der Waals surface area contributed by atoms with Crippen LogP contribution in [0.3, 0.4) is 0 Å². The van der Waals surface area contributed by atoms with E-state index in [1.807, 2.05) is 27.7 Å². The van der Waals surface area contributed by atoms with E-state index in [-0.39, 0.29) is 17.3 Å². The van der Waals surface area contributed by atoms with Crippen molar-refractivity contribution in [3.63, 3.8) is 0 Å². The molecule has 0 aliphatic carbocycles. The zero-order chi connectivity index (χ0) is 20.7. The molecule has 0 fully saturated rings. The first-order chi connectivity index (χ1) is 13.0. The van der Waals surface area contributed by atoms with Crippen LogP contribution in [0.2, 0.25) is 0 Å². The molecule has 0 saturated carbocycles. The third-order valence-corrected chi connectivity index (χ3v) is 4.19. The number of nitrogens with one attached hydrogen (secondary N) is 1. The summed E-state index contributed by atoms with van der Waals surface area (Å²) in [6, 6.07) is 5.17. The van der Waals surface area contributed by atoms with Crippen LogP contribution in [-0.2, 0) is 5.41 Å². The maximum absolute atomic E-state index is 12.6. The second-order valence-corrected chi connectivity index (χ2v) is 7.51. The maximum Gasteiger partial charge on any atom is 0.405 e. The van der Waals surface area contributed by atoms with Gasteiger partial charge in [0, 0.05) is 11.1 Å². The summed E-state index contributed by atoms with van der Waals surface area (Å²) in [6.45, 7) is 10.0. The minimum absolute atomic E-state index is 0.0392. The van der Waals surface area contributed by atoms with E-state index in [0.717, 1.165) is 16.5 Å². The Morgan fingerprint density at radius 1 is 1.14 bits per heavy atom. The van der Waals surface area contributed by atoms with Crippen molar-refractivity contribution < 1.29 is 17.6 Å². The normalized spacial score (nSPS) is 12.4. The van der Waals surface area contributed by atoms with Crippen molar-refractivity contribution in [2.45, 2.75) is 39.3 Å². The summed E-state index contributed by atoms with van der Waals surface area (Å²) in [5.74, 6) is 0.200. The Balaban J connectivity index is 2.18. The third-order valence-electron chi connectivity index (χ3n) is 4.19. The summed E-state index contributed by atoms with van der Waals surface area (Å²) in [6.07, 6.45) is -4.30. The summed E-state index contributed by atoms with van der Waals surface area (Å²) in [5, 5.41) is 10.9. The van der Waals surface area contributed by atoms with Gasteiger partial charge in [0.1, 0.15) is 12.2 Å². The van der Waals surface area contributed by atoms with Gasteiger partial charge in [0.05, 0.1) is 5.52 Å². The molecule has 6 nitrogen and oxygen atoms in total. The van der Waals surface area contributed by atoms with E-state index in [4.69, 9.17) is 4.42 Å². The van der Waals surface area contributed by atoms with Crippen LogP contribution in [0.25, 0.3) is 22.5 Å². The van der Waals surface area contributed by atoms with Crippen LogP contribution in [0.4, 0.5) is 24.9 Å². The second-order valence-electron chi connectivity index (χ2n) is 7.51. The molecule has 0 aliphatic heterocycles. The van der Waals surface area contributed by atoms with Gasteiger partial charge in [-0.1, -0.05) is 25.9 Å². The Bertz CT molecular complexity index is 1030. The van der Waals surface area contributed by atoms with E-state index in [1.54, 1.807) is 18.2 Å². The highest BCUT2D eigenvalue weighted by Crippen LogP contribution is 2.35. The lowest BCUT2D eigenvalue weighted by atomic mass is 9.84. The van der Waals surface area contributed by atoms with Gasteiger partial charge in [-0.05, 0) is 48.4 Å². The summed E-state index contributed by atoms with van der Waals surface area (Å²) in [5.41, 5.74) is 2.81. The van der Waals surface area contributed by atoms with Gasteiger partial charge < -0.3 is 9.73 Å². The SMILES string of the molecule is C=Nc1nnc(-c2cc(C)c3cc(NCC(F)(F)F)cc(C(C)(C)C)c3n2)o1. The van der Waals surface area contributed by atoms with Gasteiger partial charge in [0.25, 0.3) is 5.89 Å². The summed E-state index contributed by atoms with van der Waals surface area (Å²) < 4.78 is 43.3. The fraction of sp³-hybridized carbons (Fsp3) is 0.368. The molecule has 1 N–H and O–H groups in total. The predicted molar refractivity (Wildman–Crippen MR) is 102 cm³/mol. The molecule has 0 saturated heterocycles. The van der Waals surface area contributed by atoms with Crippen LogP contribution in [0.15, 0.2) is 27.6 Å². The van der Waals surface area contributed by atoms with Gasteiger partial charge >= 0.3 is 12.2 Å². The van der Waals surface area contributed by atoms with Crippen LogP contribution < -0.4 is 5.32 Å². The monoisotopic (exact) mass is 391 g/mol. The lowest BCUT2D eigenvalue weighted by Crippen LogP contribution is -2.22. The molecule has 0 aliphatic rings. The number of nitrogens with zero attached hydrogens (tertiary/aromatic N) is 4. The van der Waals surface area contributed by atoms with E-state index in [9.17, 15) is 13.2 Å². The van der Waals surface area contributed by atoms with Gasteiger partial charge in [0.2, 0.25) is 0 Å². The number of alkyl halides is 3. The molecule has 2 aromatic heterocycles. The number of hydrogen-bond acceptors (Lipinski definition) is 6. The molecular weight excluding hydrogens is 371 g/mol. The molecule has 3 aromatic rings. The van der Waals surface area contributed by atoms with Crippen molar-refractivity contribution >= 4 is 29.3 Å². The quantitative estimate of drug-likeness (QED) is 0.619. The highest BCUT2D eigenvalue weighted by Gasteiger charge is 2.27. The van der Waals surface area contributed by atoms with Crippen molar-refractivity contribution in [2.75, 3.05) is 11.9 Å². The van der Waals surface area contributed by atoms with Crippen molar-refractivity contribution in [2.24, 2.45) is 4.99 Å². The molecule has 28 heavy (non-hydrogen) atoms. The first-order valence-electron chi connectivity index (χ1n) is 8.55. The molecule has 0 amide bonds. The number of hydrogen-bond donors (Lipinski definition) is 1. The van der Waals surface area contributed by atoms with E-state index in [2.05, 4.69) is 32.2 Å². The smallest absolute Gasteiger partial charge is 0.400 e. The molecular formula is C19H20F3N5O. The molecule has 0 atom stereocenters. The number of benzene rings is 1. The molecule has 0 unspecified atom stereocenters. The van der Waals surface area contributed by atoms with E-state index >= 15 is 0 Å². The predicted octanol–water partition coefficient (Wildman–Crippen LogP) is 5.20. The molecule has 0 spiro atoms. The Hall–Kier alpha value is -2.97. The highest BCUT2D eigenvalue weighted by atomic mass is 19.4. The van der Waals surface area contributed by atoms with E-state index in [0.29, 0.717) is 16.9 Å². The molecule has 0 radical (unpaired) electrons. The molecule has 1 aromatic carbocycles. The first-order valence-corrected chi connectivity index (χ1v) is 8.55. The molecule has 2 heterocycles. The zero-order valence-corrected chi connectivity index (χ0v) is 16.0. The van der Waals surface area contributed by atoms with Crippen molar-refractivity contribution in [3.8, 4) is 11.6 Å². The minimum Gasteiger partial charge on any atom is -0.400 e. The van der Waals surface area contributed by atoms with E-state index < -0.39 is 12.7 Å². The Morgan fingerprint density at radius 3 is 2.43 bits per heavy atom. The highest BCUT2D eigenvalue weighted by molar-refractivity contribution is 5.90. The van der Waals surface area contributed by atoms with E-state index in [1.165, 1.54) is 0 Å². The third kappa shape index (κ3) is 4.13. The Morgan fingerprint density at radius 2 is 1.86 bits per heavy atom. The van der Waals surface area contributed by atoms with Crippen LogP contribution in [-0.4, -0.2) is 34.6 Å². The standard InChI is InChI=1S/C19H20F3N5O/c1-10-6-14(16-26-27-17(23-5)28-16)25-15-12(10)7-11(24-9-19(20,21)22)8-13(15)18(2,3)4/h6-8,24H,5,9H2,1-4H3. The minimum atomic E-state index is -4.30. The Labute approximate surface area is 159 Å². The van der Waals surface area contributed by atoms with Gasteiger partial charge in [-0.15, -0.1) is 5.10 Å². The fourth-order valence-corrected chi connectivity index (χ4v) is 2.86. The van der Waals surface area contributed by atoms with Gasteiger partial charge in [0.15, 0.2) is 0 Å².